The van der Waals surface area contributed by atoms with Gasteiger partial charge in [0.1, 0.15) is 5.76 Å². The summed E-state index contributed by atoms with van der Waals surface area (Å²) in [5.74, 6) is 0.686. The predicted molar refractivity (Wildman–Crippen MR) is 111 cm³/mol. The monoisotopic (exact) mass is 383 g/mol. The molecule has 0 saturated carbocycles. The van der Waals surface area contributed by atoms with Gasteiger partial charge < -0.3 is 13.6 Å². The molecule has 0 aliphatic rings. The molecule has 4 heterocycles. The Balaban J connectivity index is 1.64. The number of hydrogen-bond acceptors (Lipinski definition) is 4. The maximum Gasteiger partial charge on any atom is 0.260 e. The SMILES string of the molecule is O=c1c2cc3c(=O)n(Cc4ccco4)ccc3nc2ccn1Cc1ccccc1. The van der Waals surface area contributed by atoms with Crippen LogP contribution in [0.1, 0.15) is 11.3 Å². The third-order valence-corrected chi connectivity index (χ3v) is 4.99. The normalized spacial score (nSPS) is 11.3. The molecule has 0 atom stereocenters. The van der Waals surface area contributed by atoms with Gasteiger partial charge in [-0.25, -0.2) is 4.98 Å². The van der Waals surface area contributed by atoms with Crippen LogP contribution in [-0.2, 0) is 13.1 Å². The Morgan fingerprint density at radius 2 is 1.41 bits per heavy atom. The third kappa shape index (κ3) is 3.14. The van der Waals surface area contributed by atoms with Gasteiger partial charge in [-0.1, -0.05) is 30.3 Å². The van der Waals surface area contributed by atoms with Crippen molar-refractivity contribution < 1.29 is 4.42 Å². The highest BCUT2D eigenvalue weighted by atomic mass is 16.3. The van der Waals surface area contributed by atoms with E-state index in [4.69, 9.17) is 4.42 Å². The lowest BCUT2D eigenvalue weighted by atomic mass is 10.1. The number of pyridine rings is 3. The Morgan fingerprint density at radius 1 is 0.759 bits per heavy atom. The van der Waals surface area contributed by atoms with Gasteiger partial charge >= 0.3 is 0 Å². The first-order chi connectivity index (χ1) is 14.2. The van der Waals surface area contributed by atoms with Gasteiger partial charge in [-0.15, -0.1) is 0 Å². The van der Waals surface area contributed by atoms with E-state index < -0.39 is 0 Å². The Bertz CT molecular complexity index is 1430. The summed E-state index contributed by atoms with van der Waals surface area (Å²) in [6, 6.07) is 18.6. The first-order valence-corrected chi connectivity index (χ1v) is 9.29. The van der Waals surface area contributed by atoms with Crippen LogP contribution in [0.5, 0.6) is 0 Å². The van der Waals surface area contributed by atoms with Gasteiger partial charge in [0, 0.05) is 12.4 Å². The van der Waals surface area contributed by atoms with Crippen molar-refractivity contribution in [3.63, 3.8) is 0 Å². The maximum absolute atomic E-state index is 13.0. The second kappa shape index (κ2) is 6.91. The molecular weight excluding hydrogens is 366 g/mol. The Labute approximate surface area is 165 Å². The van der Waals surface area contributed by atoms with Gasteiger partial charge in [-0.2, -0.15) is 0 Å². The van der Waals surface area contributed by atoms with Crippen molar-refractivity contribution in [2.24, 2.45) is 0 Å². The summed E-state index contributed by atoms with van der Waals surface area (Å²) in [4.78, 5) is 30.5. The van der Waals surface area contributed by atoms with Crippen LogP contribution < -0.4 is 11.1 Å². The summed E-state index contributed by atoms with van der Waals surface area (Å²) >= 11 is 0. The molecule has 142 valence electrons. The van der Waals surface area contributed by atoms with Crippen LogP contribution >= 0.6 is 0 Å². The van der Waals surface area contributed by atoms with E-state index in [0.29, 0.717) is 40.7 Å². The zero-order chi connectivity index (χ0) is 19.8. The molecule has 0 amide bonds. The van der Waals surface area contributed by atoms with Gasteiger partial charge in [-0.3, -0.25) is 9.59 Å². The van der Waals surface area contributed by atoms with Crippen LogP contribution in [0, 0.1) is 0 Å². The molecule has 0 bridgehead atoms. The molecule has 0 fully saturated rings. The van der Waals surface area contributed by atoms with Crippen molar-refractivity contribution in [3.05, 3.63) is 111 Å². The van der Waals surface area contributed by atoms with Crippen molar-refractivity contribution in [2.75, 3.05) is 0 Å². The summed E-state index contributed by atoms with van der Waals surface area (Å²) in [6.45, 7) is 0.790. The lowest BCUT2D eigenvalue weighted by Crippen LogP contribution is -2.22. The molecular formula is C23H17N3O3. The fourth-order valence-electron chi connectivity index (χ4n) is 3.50. The molecule has 0 saturated heterocycles. The van der Waals surface area contributed by atoms with E-state index in [2.05, 4.69) is 4.98 Å². The highest BCUT2D eigenvalue weighted by Gasteiger charge is 2.11. The van der Waals surface area contributed by atoms with Crippen LogP contribution in [0.25, 0.3) is 21.8 Å². The molecule has 6 nitrogen and oxygen atoms in total. The number of fused-ring (bicyclic) bond motifs is 2. The van der Waals surface area contributed by atoms with E-state index in [1.54, 1.807) is 46.0 Å². The zero-order valence-corrected chi connectivity index (χ0v) is 15.5. The highest BCUT2D eigenvalue weighted by molar-refractivity contribution is 5.91. The number of nitrogens with zero attached hydrogens (tertiary/aromatic N) is 3. The Morgan fingerprint density at radius 3 is 2.03 bits per heavy atom. The first kappa shape index (κ1) is 17.2. The molecule has 29 heavy (non-hydrogen) atoms. The van der Waals surface area contributed by atoms with Crippen LogP contribution in [-0.4, -0.2) is 14.1 Å². The lowest BCUT2D eigenvalue weighted by Gasteiger charge is -2.09. The van der Waals surface area contributed by atoms with E-state index in [1.807, 2.05) is 42.5 Å². The summed E-state index contributed by atoms with van der Waals surface area (Å²) in [7, 11) is 0. The minimum absolute atomic E-state index is 0.165. The molecule has 6 heteroatoms. The Hall–Kier alpha value is -3.93. The van der Waals surface area contributed by atoms with Gasteiger partial charge in [0.05, 0.1) is 41.2 Å². The highest BCUT2D eigenvalue weighted by Crippen LogP contribution is 2.15. The van der Waals surface area contributed by atoms with Crippen molar-refractivity contribution in [1.29, 1.82) is 0 Å². The topological polar surface area (TPSA) is 70.0 Å². The summed E-state index contributed by atoms with van der Waals surface area (Å²) in [5, 5.41) is 0.852. The number of furan rings is 1. The quantitative estimate of drug-likeness (QED) is 0.446. The average molecular weight is 383 g/mol. The fraction of sp³-hybridized carbons (Fsp3) is 0.0870. The second-order valence-electron chi connectivity index (χ2n) is 6.92. The van der Waals surface area contributed by atoms with Crippen molar-refractivity contribution in [2.45, 2.75) is 13.1 Å². The predicted octanol–water partition coefficient (Wildman–Crippen LogP) is 3.40. The standard InChI is InChI=1S/C23H17N3O3/c27-22-18-13-19-21(9-11-26(23(19)28)15-17-7-4-12-29-17)24-20(18)8-10-25(22)14-16-5-2-1-3-6-16/h1-13H,14-15H2. The van der Waals surface area contributed by atoms with Crippen LogP contribution in [0.2, 0.25) is 0 Å². The summed E-state index contributed by atoms with van der Waals surface area (Å²) in [6.07, 6.45) is 5.02. The molecule has 5 aromatic rings. The van der Waals surface area contributed by atoms with Crippen LogP contribution in [0.15, 0.2) is 93.3 Å². The maximum atomic E-state index is 13.0. The molecule has 0 aliphatic heterocycles. The van der Waals surface area contributed by atoms with Gasteiger partial charge in [-0.05, 0) is 35.9 Å². The van der Waals surface area contributed by atoms with Crippen molar-refractivity contribution >= 4 is 21.8 Å². The van der Waals surface area contributed by atoms with E-state index in [0.717, 1.165) is 5.56 Å². The van der Waals surface area contributed by atoms with Gasteiger partial charge in [0.2, 0.25) is 0 Å². The molecule has 0 unspecified atom stereocenters. The van der Waals surface area contributed by atoms with Crippen LogP contribution in [0.4, 0.5) is 0 Å². The van der Waals surface area contributed by atoms with Crippen molar-refractivity contribution in [3.8, 4) is 0 Å². The molecule has 1 aromatic carbocycles. The van der Waals surface area contributed by atoms with Crippen molar-refractivity contribution in [1.82, 2.24) is 14.1 Å². The zero-order valence-electron chi connectivity index (χ0n) is 15.5. The van der Waals surface area contributed by atoms with E-state index in [1.165, 1.54) is 0 Å². The van der Waals surface area contributed by atoms with Gasteiger partial charge in [0.25, 0.3) is 11.1 Å². The molecule has 0 spiro atoms. The average Bonchev–Trinajstić information content (AvgIpc) is 3.26. The van der Waals surface area contributed by atoms with Crippen LogP contribution in [0.3, 0.4) is 0 Å². The van der Waals surface area contributed by atoms with E-state index >= 15 is 0 Å². The van der Waals surface area contributed by atoms with Gasteiger partial charge in [0.15, 0.2) is 0 Å². The number of aromatic nitrogens is 3. The molecule has 4 aromatic heterocycles. The minimum Gasteiger partial charge on any atom is -0.467 e. The number of benzene rings is 1. The molecule has 5 rings (SSSR count). The molecule has 0 radical (unpaired) electrons. The summed E-state index contributed by atoms with van der Waals surface area (Å²) < 4.78 is 8.53. The smallest absolute Gasteiger partial charge is 0.260 e. The number of hydrogen-bond donors (Lipinski definition) is 0. The molecule has 0 aliphatic carbocycles. The Kier molecular flexibility index (Phi) is 4.09. The lowest BCUT2D eigenvalue weighted by molar-refractivity contribution is 0.490. The fourth-order valence-corrected chi connectivity index (χ4v) is 3.50. The minimum atomic E-state index is -0.203. The molecule has 0 N–H and O–H groups in total. The number of rotatable bonds is 4. The summed E-state index contributed by atoms with van der Waals surface area (Å²) in [5.41, 5.74) is 1.81. The largest absolute Gasteiger partial charge is 0.467 e. The second-order valence-corrected chi connectivity index (χ2v) is 6.92. The first-order valence-electron chi connectivity index (χ1n) is 9.29. The van der Waals surface area contributed by atoms with E-state index in [-0.39, 0.29) is 11.1 Å². The third-order valence-electron chi connectivity index (χ3n) is 4.99. The van der Waals surface area contributed by atoms with E-state index in [9.17, 15) is 9.59 Å².